The molecule has 0 amide bonds. The SMILES string of the molecule is C=C(CC(C)(N)c1ccccc1)C(=O)O. The minimum atomic E-state index is -0.998. The fraction of sp³-hybridized carbons (Fsp3) is 0.250. The van der Waals surface area contributed by atoms with Crippen molar-refractivity contribution >= 4 is 5.97 Å². The van der Waals surface area contributed by atoms with E-state index < -0.39 is 11.5 Å². The van der Waals surface area contributed by atoms with Crippen LogP contribution in [0.4, 0.5) is 0 Å². The smallest absolute Gasteiger partial charge is 0.331 e. The van der Waals surface area contributed by atoms with Gasteiger partial charge in [-0.2, -0.15) is 0 Å². The molecule has 0 aliphatic carbocycles. The van der Waals surface area contributed by atoms with Crippen molar-refractivity contribution in [1.29, 1.82) is 0 Å². The van der Waals surface area contributed by atoms with Crippen LogP contribution in [0, 0.1) is 0 Å². The Labute approximate surface area is 89.2 Å². The van der Waals surface area contributed by atoms with E-state index >= 15 is 0 Å². The Balaban J connectivity index is 2.85. The minimum absolute atomic E-state index is 0.129. The lowest BCUT2D eigenvalue weighted by Gasteiger charge is -2.25. The molecule has 0 fully saturated rings. The van der Waals surface area contributed by atoms with Crippen molar-refractivity contribution in [2.45, 2.75) is 18.9 Å². The zero-order chi connectivity index (χ0) is 11.5. The Bertz CT molecular complexity index is 368. The summed E-state index contributed by atoms with van der Waals surface area (Å²) in [6, 6.07) is 9.42. The molecule has 3 nitrogen and oxygen atoms in total. The molecule has 0 saturated heterocycles. The van der Waals surface area contributed by atoms with Gasteiger partial charge in [0.25, 0.3) is 0 Å². The summed E-state index contributed by atoms with van der Waals surface area (Å²) in [5.74, 6) is -0.998. The van der Waals surface area contributed by atoms with Gasteiger partial charge >= 0.3 is 5.97 Å². The lowest BCUT2D eigenvalue weighted by atomic mass is 9.87. The minimum Gasteiger partial charge on any atom is -0.478 e. The molecule has 0 bridgehead atoms. The lowest BCUT2D eigenvalue weighted by molar-refractivity contribution is -0.132. The topological polar surface area (TPSA) is 63.3 Å². The average Bonchev–Trinajstić information content (AvgIpc) is 2.18. The van der Waals surface area contributed by atoms with E-state index in [-0.39, 0.29) is 12.0 Å². The van der Waals surface area contributed by atoms with Crippen LogP contribution in [0.1, 0.15) is 18.9 Å². The molecule has 15 heavy (non-hydrogen) atoms. The molecule has 0 radical (unpaired) electrons. The monoisotopic (exact) mass is 205 g/mol. The molecule has 1 rings (SSSR count). The van der Waals surface area contributed by atoms with Crippen LogP contribution in [0.25, 0.3) is 0 Å². The first kappa shape index (κ1) is 11.5. The number of nitrogens with two attached hydrogens (primary N) is 1. The molecule has 1 aromatic rings. The summed E-state index contributed by atoms with van der Waals surface area (Å²) in [6.45, 7) is 5.29. The van der Waals surface area contributed by atoms with Crippen molar-refractivity contribution in [2.75, 3.05) is 0 Å². The molecule has 1 aromatic carbocycles. The standard InChI is InChI=1S/C12H15NO2/c1-9(11(14)15)8-12(2,13)10-6-4-3-5-7-10/h3-7H,1,8,13H2,2H3,(H,14,15). The second kappa shape index (κ2) is 4.28. The van der Waals surface area contributed by atoms with E-state index in [1.807, 2.05) is 30.3 Å². The van der Waals surface area contributed by atoms with E-state index in [4.69, 9.17) is 10.8 Å². The molecule has 3 heteroatoms. The van der Waals surface area contributed by atoms with Gasteiger partial charge in [-0.3, -0.25) is 0 Å². The van der Waals surface area contributed by atoms with E-state index in [0.29, 0.717) is 0 Å². The molecule has 1 unspecified atom stereocenters. The second-order valence-electron chi connectivity index (χ2n) is 3.87. The number of hydrogen-bond acceptors (Lipinski definition) is 2. The molecular formula is C12H15NO2. The number of aliphatic carboxylic acids is 1. The van der Waals surface area contributed by atoms with Crippen molar-refractivity contribution in [3.63, 3.8) is 0 Å². The Morgan fingerprint density at radius 1 is 1.47 bits per heavy atom. The van der Waals surface area contributed by atoms with E-state index in [1.54, 1.807) is 6.92 Å². The highest BCUT2D eigenvalue weighted by Crippen LogP contribution is 2.24. The average molecular weight is 205 g/mol. The van der Waals surface area contributed by atoms with E-state index in [0.717, 1.165) is 5.56 Å². The summed E-state index contributed by atoms with van der Waals surface area (Å²) in [5.41, 5.74) is 6.41. The number of hydrogen-bond donors (Lipinski definition) is 2. The first-order chi connectivity index (χ1) is 6.93. The van der Waals surface area contributed by atoms with Gasteiger partial charge in [-0.1, -0.05) is 36.9 Å². The van der Waals surface area contributed by atoms with Crippen LogP contribution >= 0.6 is 0 Å². The molecule has 0 aliphatic heterocycles. The van der Waals surface area contributed by atoms with E-state index in [1.165, 1.54) is 0 Å². The van der Waals surface area contributed by atoms with Gasteiger partial charge in [0, 0.05) is 17.5 Å². The van der Waals surface area contributed by atoms with Gasteiger partial charge < -0.3 is 10.8 Å². The summed E-state index contributed by atoms with van der Waals surface area (Å²) in [6.07, 6.45) is 0.242. The van der Waals surface area contributed by atoms with Gasteiger partial charge in [-0.05, 0) is 12.5 Å². The van der Waals surface area contributed by atoms with Crippen LogP contribution < -0.4 is 5.73 Å². The van der Waals surface area contributed by atoms with E-state index in [9.17, 15) is 4.79 Å². The van der Waals surface area contributed by atoms with Crippen LogP contribution in [0.2, 0.25) is 0 Å². The van der Waals surface area contributed by atoms with Crippen LogP contribution in [-0.2, 0) is 10.3 Å². The third-order valence-electron chi connectivity index (χ3n) is 2.32. The normalized spacial score (nSPS) is 14.3. The molecule has 0 aromatic heterocycles. The van der Waals surface area contributed by atoms with Gasteiger partial charge in [0.15, 0.2) is 0 Å². The first-order valence-electron chi connectivity index (χ1n) is 4.69. The third-order valence-corrected chi connectivity index (χ3v) is 2.32. The van der Waals surface area contributed by atoms with Crippen LogP contribution in [0.15, 0.2) is 42.5 Å². The summed E-state index contributed by atoms with van der Waals surface area (Å²) >= 11 is 0. The number of carboxylic acid groups (broad SMARTS) is 1. The van der Waals surface area contributed by atoms with Crippen molar-refractivity contribution in [3.05, 3.63) is 48.0 Å². The van der Waals surface area contributed by atoms with Gasteiger partial charge in [0.05, 0.1) is 0 Å². The maximum absolute atomic E-state index is 10.7. The summed E-state index contributed by atoms with van der Waals surface area (Å²) in [5, 5.41) is 8.74. The van der Waals surface area contributed by atoms with Crippen LogP contribution in [0.3, 0.4) is 0 Å². The number of carbonyl (C=O) groups is 1. The summed E-state index contributed by atoms with van der Waals surface area (Å²) < 4.78 is 0. The fourth-order valence-electron chi connectivity index (χ4n) is 1.44. The number of benzene rings is 1. The van der Waals surface area contributed by atoms with Crippen molar-refractivity contribution < 1.29 is 9.90 Å². The highest BCUT2D eigenvalue weighted by atomic mass is 16.4. The van der Waals surface area contributed by atoms with Gasteiger partial charge in [-0.25, -0.2) is 4.79 Å². The Hall–Kier alpha value is -1.61. The summed E-state index contributed by atoms with van der Waals surface area (Å²) in [4.78, 5) is 10.7. The molecule has 0 saturated carbocycles. The maximum atomic E-state index is 10.7. The second-order valence-corrected chi connectivity index (χ2v) is 3.87. The van der Waals surface area contributed by atoms with Crippen molar-refractivity contribution in [1.82, 2.24) is 0 Å². The predicted molar refractivity (Wildman–Crippen MR) is 59.4 cm³/mol. The zero-order valence-electron chi connectivity index (χ0n) is 8.73. The molecule has 3 N–H and O–H groups in total. The highest BCUT2D eigenvalue weighted by molar-refractivity contribution is 5.86. The maximum Gasteiger partial charge on any atom is 0.331 e. The van der Waals surface area contributed by atoms with Crippen molar-refractivity contribution in [3.8, 4) is 0 Å². The van der Waals surface area contributed by atoms with E-state index in [2.05, 4.69) is 6.58 Å². The Morgan fingerprint density at radius 3 is 2.47 bits per heavy atom. The molecule has 80 valence electrons. The Kier molecular flexibility index (Phi) is 3.27. The van der Waals surface area contributed by atoms with Crippen LogP contribution in [0.5, 0.6) is 0 Å². The van der Waals surface area contributed by atoms with Gasteiger partial charge in [0.1, 0.15) is 0 Å². The molecule has 1 atom stereocenters. The first-order valence-corrected chi connectivity index (χ1v) is 4.69. The molecule has 0 heterocycles. The fourth-order valence-corrected chi connectivity index (χ4v) is 1.44. The number of rotatable bonds is 4. The predicted octanol–water partition coefficient (Wildman–Crippen LogP) is 1.89. The van der Waals surface area contributed by atoms with Gasteiger partial charge in [0.2, 0.25) is 0 Å². The molecular weight excluding hydrogens is 190 g/mol. The third kappa shape index (κ3) is 2.92. The molecule has 0 aliphatic rings. The lowest BCUT2D eigenvalue weighted by Crippen LogP contribution is -2.34. The summed E-state index contributed by atoms with van der Waals surface area (Å²) in [7, 11) is 0. The molecule has 0 spiro atoms. The zero-order valence-corrected chi connectivity index (χ0v) is 8.73. The number of carboxylic acids is 1. The van der Waals surface area contributed by atoms with Crippen molar-refractivity contribution in [2.24, 2.45) is 5.73 Å². The Morgan fingerprint density at radius 2 is 2.00 bits per heavy atom. The quantitative estimate of drug-likeness (QED) is 0.738. The largest absolute Gasteiger partial charge is 0.478 e. The highest BCUT2D eigenvalue weighted by Gasteiger charge is 2.23. The van der Waals surface area contributed by atoms with Gasteiger partial charge in [-0.15, -0.1) is 0 Å². The van der Waals surface area contributed by atoms with Crippen LogP contribution in [-0.4, -0.2) is 11.1 Å².